The van der Waals surface area contributed by atoms with E-state index in [0.717, 1.165) is 60.3 Å². The van der Waals surface area contributed by atoms with E-state index in [1.165, 1.54) is 0 Å². The molecule has 0 saturated carbocycles. The number of pyridine rings is 2. The molecule has 0 bridgehead atoms. The van der Waals surface area contributed by atoms with Gasteiger partial charge in [0.05, 0.1) is 16.6 Å². The predicted molar refractivity (Wildman–Crippen MR) is 113 cm³/mol. The van der Waals surface area contributed by atoms with Crippen LogP contribution >= 0.6 is 0 Å². The van der Waals surface area contributed by atoms with Gasteiger partial charge in [-0.15, -0.1) is 0 Å². The van der Waals surface area contributed by atoms with Gasteiger partial charge in [-0.1, -0.05) is 30.3 Å². The molecule has 0 unspecified atom stereocenters. The second-order valence-electron chi connectivity index (χ2n) is 7.14. The molecule has 0 aliphatic heterocycles. The Bertz CT molecular complexity index is 1720. The number of aromatic nitrogens is 3. The Morgan fingerprint density at radius 3 is 2.57 bits per heavy atom. The van der Waals surface area contributed by atoms with Crippen LogP contribution in [-0.4, -0.2) is 14.4 Å². The van der Waals surface area contributed by atoms with Gasteiger partial charge in [-0.25, -0.2) is 4.98 Å². The van der Waals surface area contributed by atoms with Gasteiger partial charge in [0.1, 0.15) is 16.8 Å². The van der Waals surface area contributed by atoms with Gasteiger partial charge >= 0.3 is 0 Å². The van der Waals surface area contributed by atoms with E-state index in [1.807, 2.05) is 30.6 Å². The van der Waals surface area contributed by atoms with Crippen molar-refractivity contribution in [2.45, 2.75) is 0 Å². The van der Waals surface area contributed by atoms with Crippen molar-refractivity contribution in [2.24, 2.45) is 0 Å². The van der Waals surface area contributed by atoms with Crippen LogP contribution < -0.4 is 0 Å². The molecule has 0 aliphatic carbocycles. The highest BCUT2D eigenvalue weighted by atomic mass is 16.3. The maximum atomic E-state index is 6.15. The first-order valence-corrected chi connectivity index (χ1v) is 9.26. The maximum Gasteiger partial charge on any atom is 0.147 e. The Hall–Kier alpha value is -3.92. The third kappa shape index (κ3) is 1.65. The minimum Gasteiger partial charge on any atom is -0.456 e. The van der Waals surface area contributed by atoms with Gasteiger partial charge in [-0.2, -0.15) is 0 Å². The van der Waals surface area contributed by atoms with Crippen molar-refractivity contribution in [2.75, 3.05) is 0 Å². The van der Waals surface area contributed by atoms with E-state index in [-0.39, 0.29) is 0 Å². The zero-order valence-corrected chi connectivity index (χ0v) is 14.8. The number of para-hydroxylation sites is 3. The largest absolute Gasteiger partial charge is 0.456 e. The highest BCUT2D eigenvalue weighted by Crippen LogP contribution is 2.37. The first-order chi connectivity index (χ1) is 13.9. The maximum absolute atomic E-state index is 6.15. The zero-order valence-electron chi connectivity index (χ0n) is 14.8. The molecule has 0 atom stereocenters. The molecule has 0 radical (unpaired) electrons. The SMILES string of the molecule is c1ccc2c(c1)nc1c3cnccc3c3cc4oc5ccccc5c4cc3n21. The molecule has 0 spiro atoms. The minimum atomic E-state index is 0.899. The molecule has 4 nitrogen and oxygen atoms in total. The number of fused-ring (bicyclic) bond motifs is 11. The third-order valence-corrected chi connectivity index (χ3v) is 5.65. The summed E-state index contributed by atoms with van der Waals surface area (Å²) in [4.78, 5) is 9.28. The molecule has 0 amide bonds. The fraction of sp³-hybridized carbons (Fsp3) is 0. The van der Waals surface area contributed by atoms with E-state index < -0.39 is 0 Å². The van der Waals surface area contributed by atoms with Crippen LogP contribution in [0.5, 0.6) is 0 Å². The van der Waals surface area contributed by atoms with Crippen molar-refractivity contribution in [3.8, 4) is 0 Å². The van der Waals surface area contributed by atoms with E-state index >= 15 is 0 Å². The van der Waals surface area contributed by atoms with Gasteiger partial charge in [0.25, 0.3) is 0 Å². The highest BCUT2D eigenvalue weighted by Gasteiger charge is 2.16. The van der Waals surface area contributed by atoms with E-state index in [2.05, 4.69) is 57.9 Å². The van der Waals surface area contributed by atoms with E-state index in [1.54, 1.807) is 0 Å². The third-order valence-electron chi connectivity index (χ3n) is 5.65. The molecule has 3 aromatic carbocycles. The van der Waals surface area contributed by atoms with Crippen LogP contribution in [0.15, 0.2) is 83.5 Å². The average Bonchev–Trinajstić information content (AvgIpc) is 3.31. The molecule has 28 heavy (non-hydrogen) atoms. The molecule has 0 fully saturated rings. The summed E-state index contributed by atoms with van der Waals surface area (Å²) in [6.45, 7) is 0. The molecule has 0 aliphatic rings. The van der Waals surface area contributed by atoms with Crippen molar-refractivity contribution < 1.29 is 4.42 Å². The molecule has 7 rings (SSSR count). The fourth-order valence-electron chi connectivity index (χ4n) is 4.42. The van der Waals surface area contributed by atoms with Gasteiger partial charge < -0.3 is 4.42 Å². The first kappa shape index (κ1) is 14.2. The predicted octanol–water partition coefficient (Wildman–Crippen LogP) is 6.09. The average molecular weight is 359 g/mol. The fourth-order valence-corrected chi connectivity index (χ4v) is 4.42. The minimum absolute atomic E-state index is 0.899. The van der Waals surface area contributed by atoms with Crippen LogP contribution in [0.4, 0.5) is 0 Å². The van der Waals surface area contributed by atoms with Crippen molar-refractivity contribution in [3.63, 3.8) is 0 Å². The summed E-state index contributed by atoms with van der Waals surface area (Å²) >= 11 is 0. The second-order valence-corrected chi connectivity index (χ2v) is 7.14. The van der Waals surface area contributed by atoms with Crippen LogP contribution in [-0.2, 0) is 0 Å². The molecule has 130 valence electrons. The van der Waals surface area contributed by atoms with Crippen LogP contribution in [0.2, 0.25) is 0 Å². The number of rotatable bonds is 0. The lowest BCUT2D eigenvalue weighted by Crippen LogP contribution is -1.92. The Morgan fingerprint density at radius 1 is 0.679 bits per heavy atom. The Labute approximate surface area is 158 Å². The smallest absolute Gasteiger partial charge is 0.147 e. The van der Waals surface area contributed by atoms with E-state index in [0.29, 0.717) is 0 Å². The number of hydrogen-bond donors (Lipinski definition) is 0. The molecule has 0 saturated heterocycles. The molecular formula is C24H13N3O. The monoisotopic (exact) mass is 359 g/mol. The van der Waals surface area contributed by atoms with Gasteiger partial charge in [0, 0.05) is 33.9 Å². The Balaban J connectivity index is 1.85. The van der Waals surface area contributed by atoms with E-state index in [4.69, 9.17) is 9.40 Å². The quantitative estimate of drug-likeness (QED) is 0.308. The molecule has 0 N–H and O–H groups in total. The molecule has 7 aromatic rings. The summed E-state index contributed by atoms with van der Waals surface area (Å²) in [5.41, 5.74) is 5.95. The lowest BCUT2D eigenvalue weighted by Gasteiger charge is -2.08. The number of hydrogen-bond acceptors (Lipinski definition) is 3. The van der Waals surface area contributed by atoms with Crippen LogP contribution in [0, 0.1) is 0 Å². The number of furan rings is 1. The number of imidazole rings is 1. The first-order valence-electron chi connectivity index (χ1n) is 9.26. The molecule has 4 aromatic heterocycles. The standard InChI is InChI=1S/C24H13N3O/c1-4-8-22-15(5-1)17-11-21-16(12-23(17)28-22)14-9-10-25-13-18(14)24-26-19-6-2-3-7-20(19)27(21)24/h1-13H. The highest BCUT2D eigenvalue weighted by molar-refractivity contribution is 6.18. The topological polar surface area (TPSA) is 43.3 Å². The lowest BCUT2D eigenvalue weighted by atomic mass is 10.0. The van der Waals surface area contributed by atoms with Crippen LogP contribution in [0.3, 0.4) is 0 Å². The van der Waals surface area contributed by atoms with Crippen molar-refractivity contribution in [3.05, 3.63) is 79.1 Å². The van der Waals surface area contributed by atoms with Gasteiger partial charge in [0.2, 0.25) is 0 Å². The molecule has 4 heteroatoms. The number of benzene rings is 3. The number of nitrogens with zero attached hydrogens (tertiary/aromatic N) is 3. The van der Waals surface area contributed by atoms with Gasteiger partial charge in [-0.3, -0.25) is 9.38 Å². The second kappa shape index (κ2) is 4.87. The van der Waals surface area contributed by atoms with E-state index in [9.17, 15) is 0 Å². The Kier molecular flexibility index (Phi) is 2.46. The summed E-state index contributed by atoms with van der Waals surface area (Å²) in [6, 6.07) is 22.9. The molecule has 4 heterocycles. The summed E-state index contributed by atoms with van der Waals surface area (Å²) in [5, 5.41) is 5.57. The summed E-state index contributed by atoms with van der Waals surface area (Å²) < 4.78 is 8.40. The van der Waals surface area contributed by atoms with Crippen molar-refractivity contribution >= 4 is 60.3 Å². The van der Waals surface area contributed by atoms with Crippen LogP contribution in [0.1, 0.15) is 0 Å². The summed E-state index contributed by atoms with van der Waals surface area (Å²) in [7, 11) is 0. The van der Waals surface area contributed by atoms with Crippen molar-refractivity contribution in [1.29, 1.82) is 0 Å². The Morgan fingerprint density at radius 2 is 1.57 bits per heavy atom. The van der Waals surface area contributed by atoms with Gasteiger partial charge in [0.15, 0.2) is 0 Å². The van der Waals surface area contributed by atoms with Gasteiger partial charge in [-0.05, 0) is 41.8 Å². The lowest BCUT2D eigenvalue weighted by molar-refractivity contribution is 0.669. The van der Waals surface area contributed by atoms with Crippen LogP contribution in [0.25, 0.3) is 60.3 Å². The van der Waals surface area contributed by atoms with Crippen molar-refractivity contribution in [1.82, 2.24) is 14.4 Å². The zero-order chi connectivity index (χ0) is 18.2. The summed E-state index contributed by atoms with van der Waals surface area (Å²) in [5.74, 6) is 0. The normalized spacial score (nSPS) is 12.3. The summed E-state index contributed by atoms with van der Waals surface area (Å²) in [6.07, 6.45) is 3.74. The molecular weight excluding hydrogens is 346 g/mol.